The fourth-order valence-corrected chi connectivity index (χ4v) is 2.68. The number of carbonyl (C=O) groups is 1. The van der Waals surface area contributed by atoms with E-state index in [2.05, 4.69) is 0 Å². The van der Waals surface area contributed by atoms with Crippen molar-refractivity contribution in [2.45, 2.75) is 38.8 Å². The fourth-order valence-electron chi connectivity index (χ4n) is 2.41. The van der Waals surface area contributed by atoms with Crippen LogP contribution in [0, 0.1) is 0 Å². The summed E-state index contributed by atoms with van der Waals surface area (Å²) < 4.78 is 10.6. The molecule has 0 spiro atoms. The van der Waals surface area contributed by atoms with Crippen LogP contribution in [0.1, 0.15) is 37.0 Å². The second-order valence-electron chi connectivity index (χ2n) is 5.23. The highest BCUT2D eigenvalue weighted by atomic mass is 35.5. The number of fused-ring (bicyclic) bond motifs is 1. The molecular weight excluding hydrogens is 266 g/mol. The normalized spacial score (nSPS) is 16.8. The molecule has 1 saturated carbocycles. The average Bonchev–Trinajstić information content (AvgIpc) is 3.05. The van der Waals surface area contributed by atoms with Gasteiger partial charge in [0, 0.05) is 17.6 Å². The molecule has 0 atom stereocenters. The zero-order valence-corrected chi connectivity index (χ0v) is 11.7. The van der Waals surface area contributed by atoms with Crippen LogP contribution in [0.15, 0.2) is 12.1 Å². The van der Waals surface area contributed by atoms with Crippen molar-refractivity contribution in [3.63, 3.8) is 0 Å². The van der Waals surface area contributed by atoms with Gasteiger partial charge in [0.15, 0.2) is 11.5 Å². The Hall–Kier alpha value is -1.42. The van der Waals surface area contributed by atoms with Gasteiger partial charge in [-0.3, -0.25) is 4.79 Å². The Morgan fingerprint density at radius 3 is 2.74 bits per heavy atom. The molecular formula is C14H16ClNO3. The highest BCUT2D eigenvalue weighted by molar-refractivity contribution is 6.32. The van der Waals surface area contributed by atoms with Crippen LogP contribution >= 0.6 is 11.6 Å². The molecule has 1 aromatic carbocycles. The molecule has 0 bridgehead atoms. The molecule has 5 heteroatoms. The molecule has 0 radical (unpaired) electrons. The summed E-state index contributed by atoms with van der Waals surface area (Å²) in [4.78, 5) is 14.5. The van der Waals surface area contributed by atoms with Gasteiger partial charge in [-0.1, -0.05) is 11.6 Å². The average molecular weight is 282 g/mol. The van der Waals surface area contributed by atoms with Crippen LogP contribution in [0.3, 0.4) is 0 Å². The molecule has 0 saturated heterocycles. The van der Waals surface area contributed by atoms with Gasteiger partial charge in [-0.05, 0) is 38.8 Å². The molecule has 0 unspecified atom stereocenters. The summed E-state index contributed by atoms with van der Waals surface area (Å²) in [6.45, 7) is 4.22. The SMILES string of the molecule is CC(C)N(C(=O)c1cc(Cl)c2c(c1)OCO2)C1CC1. The Kier molecular flexibility index (Phi) is 3.05. The molecule has 1 aliphatic carbocycles. The lowest BCUT2D eigenvalue weighted by Gasteiger charge is -2.27. The van der Waals surface area contributed by atoms with Crippen LogP contribution in [0.2, 0.25) is 5.02 Å². The zero-order valence-electron chi connectivity index (χ0n) is 11.0. The molecule has 1 aliphatic heterocycles. The lowest BCUT2D eigenvalue weighted by atomic mass is 10.1. The molecule has 102 valence electrons. The molecule has 1 fully saturated rings. The van der Waals surface area contributed by atoms with Gasteiger partial charge in [-0.2, -0.15) is 0 Å². The zero-order chi connectivity index (χ0) is 13.6. The molecule has 3 rings (SSSR count). The Bertz CT molecular complexity index is 524. The van der Waals surface area contributed by atoms with Crippen molar-refractivity contribution in [3.05, 3.63) is 22.7 Å². The Morgan fingerprint density at radius 2 is 2.11 bits per heavy atom. The standard InChI is InChI=1S/C14H16ClNO3/c1-8(2)16(10-3-4-10)14(17)9-5-11(15)13-12(6-9)18-7-19-13/h5-6,8,10H,3-4,7H2,1-2H3. The maximum atomic E-state index is 12.6. The molecule has 1 heterocycles. The largest absolute Gasteiger partial charge is 0.454 e. The summed E-state index contributed by atoms with van der Waals surface area (Å²) >= 11 is 6.12. The number of halogens is 1. The van der Waals surface area contributed by atoms with Crippen LogP contribution in [0.25, 0.3) is 0 Å². The van der Waals surface area contributed by atoms with Gasteiger partial charge >= 0.3 is 0 Å². The summed E-state index contributed by atoms with van der Waals surface area (Å²) in [7, 11) is 0. The van der Waals surface area contributed by atoms with E-state index < -0.39 is 0 Å². The number of ether oxygens (including phenoxy) is 2. The van der Waals surface area contributed by atoms with E-state index in [1.54, 1.807) is 12.1 Å². The molecule has 19 heavy (non-hydrogen) atoms. The maximum absolute atomic E-state index is 12.6. The summed E-state index contributed by atoms with van der Waals surface area (Å²) in [6, 6.07) is 3.93. The number of hydrogen-bond donors (Lipinski definition) is 0. The fraction of sp³-hybridized carbons (Fsp3) is 0.500. The van der Waals surface area contributed by atoms with Gasteiger partial charge in [-0.25, -0.2) is 0 Å². The first-order valence-corrected chi connectivity index (χ1v) is 6.87. The van der Waals surface area contributed by atoms with Crippen LogP contribution < -0.4 is 9.47 Å². The number of carbonyl (C=O) groups excluding carboxylic acids is 1. The second kappa shape index (κ2) is 4.60. The predicted molar refractivity (Wildman–Crippen MR) is 71.9 cm³/mol. The van der Waals surface area contributed by atoms with Crippen molar-refractivity contribution in [3.8, 4) is 11.5 Å². The van der Waals surface area contributed by atoms with Gasteiger partial charge in [0.2, 0.25) is 6.79 Å². The highest BCUT2D eigenvalue weighted by Gasteiger charge is 2.35. The van der Waals surface area contributed by atoms with E-state index in [0.29, 0.717) is 28.1 Å². The first kappa shape index (κ1) is 12.6. The third kappa shape index (κ3) is 2.25. The summed E-state index contributed by atoms with van der Waals surface area (Å²) in [5.74, 6) is 1.09. The first-order valence-electron chi connectivity index (χ1n) is 6.49. The number of rotatable bonds is 3. The summed E-state index contributed by atoms with van der Waals surface area (Å²) in [5.41, 5.74) is 0.565. The van der Waals surface area contributed by atoms with E-state index in [-0.39, 0.29) is 18.7 Å². The number of hydrogen-bond acceptors (Lipinski definition) is 3. The van der Waals surface area contributed by atoms with Crippen molar-refractivity contribution < 1.29 is 14.3 Å². The monoisotopic (exact) mass is 281 g/mol. The molecule has 2 aliphatic rings. The molecule has 1 aromatic rings. The maximum Gasteiger partial charge on any atom is 0.254 e. The van der Waals surface area contributed by atoms with Crippen molar-refractivity contribution in [2.75, 3.05) is 6.79 Å². The van der Waals surface area contributed by atoms with Gasteiger partial charge in [0.1, 0.15) is 0 Å². The third-order valence-corrected chi connectivity index (χ3v) is 3.69. The van der Waals surface area contributed by atoms with Crippen molar-refractivity contribution >= 4 is 17.5 Å². The Labute approximate surface area is 117 Å². The first-order chi connectivity index (χ1) is 9.08. The lowest BCUT2D eigenvalue weighted by Crippen LogP contribution is -2.38. The highest BCUT2D eigenvalue weighted by Crippen LogP contribution is 2.40. The van der Waals surface area contributed by atoms with Gasteiger partial charge in [0.25, 0.3) is 5.91 Å². The van der Waals surface area contributed by atoms with E-state index in [0.717, 1.165) is 12.8 Å². The van der Waals surface area contributed by atoms with Crippen LogP contribution in [0.5, 0.6) is 11.5 Å². The quantitative estimate of drug-likeness (QED) is 0.855. The van der Waals surface area contributed by atoms with Crippen molar-refractivity contribution in [1.29, 1.82) is 0 Å². The van der Waals surface area contributed by atoms with E-state index in [4.69, 9.17) is 21.1 Å². The third-order valence-electron chi connectivity index (χ3n) is 3.41. The van der Waals surface area contributed by atoms with Gasteiger partial charge in [0.05, 0.1) is 5.02 Å². The van der Waals surface area contributed by atoms with Crippen LogP contribution in [0.4, 0.5) is 0 Å². The van der Waals surface area contributed by atoms with Gasteiger partial charge < -0.3 is 14.4 Å². The minimum absolute atomic E-state index is 0.0118. The van der Waals surface area contributed by atoms with Crippen molar-refractivity contribution in [1.82, 2.24) is 4.90 Å². The minimum atomic E-state index is 0.0118. The minimum Gasteiger partial charge on any atom is -0.454 e. The van der Waals surface area contributed by atoms with Crippen LogP contribution in [-0.2, 0) is 0 Å². The van der Waals surface area contributed by atoms with Gasteiger partial charge in [-0.15, -0.1) is 0 Å². The molecule has 4 nitrogen and oxygen atoms in total. The number of nitrogens with zero attached hydrogens (tertiary/aromatic N) is 1. The summed E-state index contributed by atoms with van der Waals surface area (Å²) in [5, 5.41) is 0.429. The van der Waals surface area contributed by atoms with E-state index >= 15 is 0 Å². The van der Waals surface area contributed by atoms with E-state index in [1.165, 1.54) is 0 Å². The van der Waals surface area contributed by atoms with Crippen LogP contribution in [-0.4, -0.2) is 29.7 Å². The Morgan fingerprint density at radius 1 is 1.37 bits per heavy atom. The number of benzene rings is 1. The van der Waals surface area contributed by atoms with E-state index in [1.807, 2.05) is 18.7 Å². The lowest BCUT2D eigenvalue weighted by molar-refractivity contribution is 0.0690. The van der Waals surface area contributed by atoms with Crippen molar-refractivity contribution in [2.24, 2.45) is 0 Å². The predicted octanol–water partition coefficient (Wildman–Crippen LogP) is 3.08. The topological polar surface area (TPSA) is 38.8 Å². The van der Waals surface area contributed by atoms with E-state index in [9.17, 15) is 4.79 Å². The Balaban J connectivity index is 1.93. The molecule has 0 aromatic heterocycles. The number of amides is 1. The molecule has 1 amide bonds. The summed E-state index contributed by atoms with van der Waals surface area (Å²) in [6.07, 6.45) is 2.17. The second-order valence-corrected chi connectivity index (χ2v) is 5.64. The smallest absolute Gasteiger partial charge is 0.254 e. The molecule has 0 N–H and O–H groups in total.